The van der Waals surface area contributed by atoms with Crippen LogP contribution in [0.4, 0.5) is 0 Å². The fraction of sp³-hybridized carbons (Fsp3) is 0.308. The number of carbonyl (C=O) groups is 2. The summed E-state index contributed by atoms with van der Waals surface area (Å²) in [6.07, 6.45) is 0.263. The number of amides is 1. The number of fused-ring (bicyclic) bond motifs is 1. The number of nitrogens with zero attached hydrogens (tertiary/aromatic N) is 4. The molecule has 2 aromatic rings. The zero-order valence-corrected chi connectivity index (χ0v) is 13.9. The lowest BCUT2D eigenvalue weighted by molar-refractivity contribution is -0.119. The number of hydrogen-bond acceptors (Lipinski definition) is 8. The number of carboxylic acid groups (broad SMARTS) is 1. The molecular weight excluding hydrogens is 349 g/mol. The van der Waals surface area contributed by atoms with Crippen LogP contribution in [0.1, 0.15) is 15.9 Å². The van der Waals surface area contributed by atoms with Gasteiger partial charge in [-0.2, -0.15) is 0 Å². The van der Waals surface area contributed by atoms with Gasteiger partial charge in [0.25, 0.3) is 0 Å². The average Bonchev–Trinajstić information content (AvgIpc) is 2.98. The highest BCUT2D eigenvalue weighted by Gasteiger charge is 2.37. The van der Waals surface area contributed by atoms with Gasteiger partial charge in [0.2, 0.25) is 11.1 Å². The lowest BCUT2D eigenvalue weighted by Gasteiger charge is -2.28. The van der Waals surface area contributed by atoms with Crippen molar-refractivity contribution in [1.82, 2.24) is 25.5 Å². The molecule has 1 aromatic heterocycles. The van der Waals surface area contributed by atoms with Crippen molar-refractivity contribution in [3.63, 3.8) is 0 Å². The Bertz CT molecular complexity index is 816. The summed E-state index contributed by atoms with van der Waals surface area (Å²) in [5.41, 5.74) is 0.590. The van der Waals surface area contributed by atoms with Crippen LogP contribution in [0.2, 0.25) is 0 Å². The van der Waals surface area contributed by atoms with E-state index in [9.17, 15) is 14.6 Å². The van der Waals surface area contributed by atoms with E-state index >= 15 is 0 Å². The van der Waals surface area contributed by atoms with Crippen LogP contribution in [0.3, 0.4) is 0 Å². The zero-order chi connectivity index (χ0) is 18.0. The lowest BCUT2D eigenvalue weighted by atomic mass is 9.72. The van der Waals surface area contributed by atoms with Crippen molar-refractivity contribution in [3.05, 3.63) is 29.3 Å². The molecule has 10 nitrogen and oxygen atoms in total. The van der Waals surface area contributed by atoms with E-state index in [2.05, 4.69) is 20.8 Å². The van der Waals surface area contributed by atoms with E-state index in [0.29, 0.717) is 10.7 Å². The molecule has 3 N–H and O–H groups in total. The van der Waals surface area contributed by atoms with E-state index in [4.69, 9.17) is 9.76 Å². The van der Waals surface area contributed by atoms with Crippen molar-refractivity contribution < 1.29 is 24.4 Å². The van der Waals surface area contributed by atoms with Gasteiger partial charge in [-0.25, -0.2) is 9.48 Å². The molecule has 0 aliphatic carbocycles. The Morgan fingerprint density at radius 1 is 1.52 bits per heavy atom. The van der Waals surface area contributed by atoms with E-state index in [1.54, 1.807) is 19.2 Å². The Balaban J connectivity index is 1.64. The fourth-order valence-corrected chi connectivity index (χ4v) is 3.10. The van der Waals surface area contributed by atoms with Gasteiger partial charge in [0, 0.05) is 7.05 Å². The van der Waals surface area contributed by atoms with Crippen molar-refractivity contribution in [1.29, 1.82) is 0 Å². The van der Waals surface area contributed by atoms with E-state index in [0.717, 1.165) is 11.8 Å². The zero-order valence-electron chi connectivity index (χ0n) is 13.1. The first-order chi connectivity index (χ1) is 12.0. The third kappa shape index (κ3) is 3.74. The van der Waals surface area contributed by atoms with Crippen LogP contribution in [-0.4, -0.2) is 61.0 Å². The van der Waals surface area contributed by atoms with Crippen LogP contribution in [-0.2, 0) is 18.3 Å². The van der Waals surface area contributed by atoms with Crippen LogP contribution >= 0.6 is 11.8 Å². The first-order valence-electron chi connectivity index (χ1n) is 7.30. The van der Waals surface area contributed by atoms with Gasteiger partial charge in [0.1, 0.15) is 5.75 Å². The smallest absolute Gasteiger partial charge is 0.534 e. The Morgan fingerprint density at radius 3 is 3.00 bits per heavy atom. The van der Waals surface area contributed by atoms with Gasteiger partial charge in [0.05, 0.1) is 17.3 Å². The number of aryl methyl sites for hydroxylation is 1. The van der Waals surface area contributed by atoms with Gasteiger partial charge in [-0.05, 0) is 28.5 Å². The van der Waals surface area contributed by atoms with E-state index in [1.807, 2.05) is 0 Å². The van der Waals surface area contributed by atoms with Gasteiger partial charge in [-0.15, -0.1) is 5.10 Å². The van der Waals surface area contributed by atoms with Crippen LogP contribution in [0, 0.1) is 0 Å². The topological polar surface area (TPSA) is 139 Å². The highest BCUT2D eigenvalue weighted by molar-refractivity contribution is 7.99. The number of carboxylic acids is 1. The number of nitrogens with one attached hydrogen (secondary N) is 1. The number of benzene rings is 1. The summed E-state index contributed by atoms with van der Waals surface area (Å²) in [5, 5.41) is 33.3. The summed E-state index contributed by atoms with van der Waals surface area (Å²) in [5.74, 6) is -1.94. The first-order valence-corrected chi connectivity index (χ1v) is 8.28. The lowest BCUT2D eigenvalue weighted by Crippen LogP contribution is -2.53. The molecule has 0 saturated heterocycles. The number of thioether (sulfide) groups is 1. The van der Waals surface area contributed by atoms with Gasteiger partial charge in [0.15, 0.2) is 0 Å². The normalized spacial score (nSPS) is 16.1. The number of hydrogen-bond donors (Lipinski definition) is 3. The van der Waals surface area contributed by atoms with Crippen LogP contribution < -0.4 is 9.97 Å². The van der Waals surface area contributed by atoms with Gasteiger partial charge in [-0.1, -0.05) is 23.9 Å². The molecule has 0 saturated carbocycles. The Kier molecular flexibility index (Phi) is 4.90. The van der Waals surface area contributed by atoms with E-state index < -0.39 is 19.0 Å². The van der Waals surface area contributed by atoms with Gasteiger partial charge in [-0.3, -0.25) is 4.79 Å². The van der Waals surface area contributed by atoms with E-state index in [1.165, 1.54) is 10.7 Å². The van der Waals surface area contributed by atoms with Gasteiger partial charge < -0.3 is 20.1 Å². The molecule has 1 aliphatic rings. The predicted molar refractivity (Wildman–Crippen MR) is 87.2 cm³/mol. The quantitative estimate of drug-likeness (QED) is 0.457. The molecule has 1 atom stereocenters. The number of aromatic nitrogens is 4. The Morgan fingerprint density at radius 2 is 2.32 bits per heavy atom. The molecule has 1 aromatic carbocycles. The second-order valence-electron chi connectivity index (χ2n) is 5.36. The number of para-hydroxylation sites is 1. The van der Waals surface area contributed by atoms with Gasteiger partial charge >= 0.3 is 13.1 Å². The van der Waals surface area contributed by atoms with Crippen molar-refractivity contribution in [2.75, 3.05) is 5.75 Å². The van der Waals surface area contributed by atoms with Crippen molar-refractivity contribution in [2.24, 2.45) is 7.05 Å². The molecule has 0 radical (unpaired) electrons. The largest absolute Gasteiger partial charge is 0.547 e. The SMILES string of the molecule is Cn1nnnc1SCC(=O)NC1Cc2cccc(C(=O)O)c2OB1O. The monoisotopic (exact) mass is 363 g/mol. The minimum Gasteiger partial charge on any atom is -0.534 e. The highest BCUT2D eigenvalue weighted by atomic mass is 32.2. The summed E-state index contributed by atoms with van der Waals surface area (Å²) in [6.45, 7) is 0. The maximum Gasteiger partial charge on any atom is 0.547 e. The molecule has 0 spiro atoms. The average molecular weight is 363 g/mol. The molecular formula is C13H14BN5O5S. The Labute approximate surface area is 146 Å². The maximum absolute atomic E-state index is 12.1. The molecule has 12 heteroatoms. The third-order valence-electron chi connectivity index (χ3n) is 3.61. The molecule has 1 unspecified atom stereocenters. The number of rotatable bonds is 5. The minimum absolute atomic E-state index is 0.0216. The first kappa shape index (κ1) is 17.2. The molecule has 0 bridgehead atoms. The summed E-state index contributed by atoms with van der Waals surface area (Å²) in [6, 6.07) is 4.70. The summed E-state index contributed by atoms with van der Waals surface area (Å²) >= 11 is 1.16. The van der Waals surface area contributed by atoms with Crippen molar-refractivity contribution >= 4 is 30.8 Å². The number of tetrazole rings is 1. The van der Waals surface area contributed by atoms with Crippen LogP contribution in [0.5, 0.6) is 5.75 Å². The Hall–Kier alpha value is -2.60. The molecule has 1 aliphatic heterocycles. The van der Waals surface area contributed by atoms with Crippen molar-refractivity contribution in [3.8, 4) is 5.75 Å². The minimum atomic E-state index is -1.33. The molecule has 130 valence electrons. The van der Waals surface area contributed by atoms with E-state index in [-0.39, 0.29) is 29.4 Å². The summed E-state index contributed by atoms with van der Waals surface area (Å²) in [7, 11) is 0.328. The molecule has 1 amide bonds. The molecule has 2 heterocycles. The second kappa shape index (κ2) is 7.11. The number of aromatic carboxylic acids is 1. The second-order valence-corrected chi connectivity index (χ2v) is 6.30. The molecule has 0 fully saturated rings. The standard InChI is InChI=1S/C13H14BN5O5S/c1-19-13(16-17-18-19)25-6-10(20)15-9-5-7-3-2-4-8(12(21)22)11(7)24-14(9)23/h2-4,9,23H,5-6H2,1H3,(H,15,20)(H,21,22). The third-order valence-corrected chi connectivity index (χ3v) is 4.62. The highest BCUT2D eigenvalue weighted by Crippen LogP contribution is 2.30. The number of carbonyl (C=O) groups excluding carboxylic acids is 1. The fourth-order valence-electron chi connectivity index (χ4n) is 2.44. The van der Waals surface area contributed by atoms with Crippen LogP contribution in [0.25, 0.3) is 0 Å². The maximum atomic E-state index is 12.1. The predicted octanol–water partition coefficient (Wildman–Crippen LogP) is -0.860. The van der Waals surface area contributed by atoms with Crippen molar-refractivity contribution in [2.45, 2.75) is 17.5 Å². The van der Waals surface area contributed by atoms with Crippen LogP contribution in [0.15, 0.2) is 23.4 Å². The summed E-state index contributed by atoms with van der Waals surface area (Å²) < 4.78 is 6.77. The molecule has 3 rings (SSSR count). The summed E-state index contributed by atoms with van der Waals surface area (Å²) in [4.78, 5) is 23.3. The molecule has 25 heavy (non-hydrogen) atoms.